The van der Waals surface area contributed by atoms with Crippen LogP contribution in [0.5, 0.6) is 0 Å². The topological polar surface area (TPSA) is 56.7 Å². The van der Waals surface area contributed by atoms with Gasteiger partial charge in [0.1, 0.15) is 0 Å². The molecule has 0 fully saturated rings. The summed E-state index contributed by atoms with van der Waals surface area (Å²) in [5.74, 6) is 1.11. The fourth-order valence-corrected chi connectivity index (χ4v) is 0.893. The van der Waals surface area contributed by atoms with E-state index in [1.165, 1.54) is 0 Å². The minimum Gasteiger partial charge on any atom is -0.381 e. The van der Waals surface area contributed by atoms with E-state index >= 15 is 0 Å². The summed E-state index contributed by atoms with van der Waals surface area (Å²) in [5.41, 5.74) is 6.48. The van der Waals surface area contributed by atoms with Crippen LogP contribution < -0.4 is 5.73 Å². The summed E-state index contributed by atoms with van der Waals surface area (Å²) in [6.45, 7) is 7.09. The van der Waals surface area contributed by atoms with Gasteiger partial charge in [-0.2, -0.15) is 0 Å². The number of nitrogens with two attached hydrogens (primary N) is 1. The highest BCUT2D eigenvalue weighted by Gasteiger charge is 2.05. The first-order valence-electron chi connectivity index (χ1n) is 3.77. The van der Waals surface area contributed by atoms with E-state index in [1.54, 1.807) is 0 Å². The minimum atomic E-state index is 0.533. The Hall–Kier alpha value is -1.06. The highest BCUT2D eigenvalue weighted by Crippen LogP contribution is 2.06. The van der Waals surface area contributed by atoms with E-state index < -0.39 is 0 Å². The first kappa shape index (κ1) is 8.04. The molecule has 1 aromatic rings. The second kappa shape index (κ2) is 2.90. The average Bonchev–Trinajstić information content (AvgIpc) is 2.18. The van der Waals surface area contributed by atoms with Gasteiger partial charge in [-0.3, -0.25) is 0 Å². The van der Waals surface area contributed by atoms with Gasteiger partial charge in [-0.25, -0.2) is 4.68 Å². The van der Waals surface area contributed by atoms with Gasteiger partial charge in [0.2, 0.25) is 0 Å². The van der Waals surface area contributed by atoms with Crippen molar-refractivity contribution in [3.05, 3.63) is 5.69 Å². The van der Waals surface area contributed by atoms with Crippen LogP contribution in [-0.2, 0) is 6.54 Å². The summed E-state index contributed by atoms with van der Waals surface area (Å²) in [5, 5.41) is 7.66. The van der Waals surface area contributed by atoms with E-state index in [0.29, 0.717) is 11.7 Å². The Balaban J connectivity index is 2.79. The van der Waals surface area contributed by atoms with Crippen LogP contribution in [0.1, 0.15) is 19.5 Å². The maximum atomic E-state index is 5.52. The van der Waals surface area contributed by atoms with Gasteiger partial charge in [0.25, 0.3) is 0 Å². The molecule has 0 radical (unpaired) electrons. The zero-order chi connectivity index (χ0) is 8.43. The molecule has 0 bridgehead atoms. The molecule has 0 spiro atoms. The van der Waals surface area contributed by atoms with E-state index in [1.807, 2.05) is 11.6 Å². The molecule has 2 N–H and O–H groups in total. The zero-order valence-corrected chi connectivity index (χ0v) is 7.20. The Morgan fingerprint density at radius 3 is 2.55 bits per heavy atom. The van der Waals surface area contributed by atoms with Gasteiger partial charge in [0, 0.05) is 6.54 Å². The summed E-state index contributed by atoms with van der Waals surface area (Å²) in [6.07, 6.45) is 0. The SMILES string of the molecule is Cc1c(N)nnn1CC(C)C. The van der Waals surface area contributed by atoms with Crippen molar-refractivity contribution in [1.82, 2.24) is 15.0 Å². The average molecular weight is 154 g/mol. The quantitative estimate of drug-likeness (QED) is 0.686. The van der Waals surface area contributed by atoms with Gasteiger partial charge in [-0.1, -0.05) is 19.1 Å². The van der Waals surface area contributed by atoms with Gasteiger partial charge in [0.05, 0.1) is 5.69 Å². The molecule has 1 rings (SSSR count). The van der Waals surface area contributed by atoms with E-state index in [2.05, 4.69) is 24.2 Å². The Morgan fingerprint density at radius 1 is 1.55 bits per heavy atom. The first-order chi connectivity index (χ1) is 5.11. The third-order valence-electron chi connectivity index (χ3n) is 1.56. The highest BCUT2D eigenvalue weighted by atomic mass is 15.4. The maximum absolute atomic E-state index is 5.52. The molecule has 0 aliphatic carbocycles. The molecule has 0 amide bonds. The van der Waals surface area contributed by atoms with Gasteiger partial charge in [-0.05, 0) is 12.8 Å². The summed E-state index contributed by atoms with van der Waals surface area (Å²) in [7, 11) is 0. The Kier molecular flexibility index (Phi) is 2.12. The minimum absolute atomic E-state index is 0.533. The number of hydrogen-bond acceptors (Lipinski definition) is 3. The Bertz CT molecular complexity index is 239. The summed E-state index contributed by atoms with van der Waals surface area (Å²) in [4.78, 5) is 0. The third kappa shape index (κ3) is 1.69. The van der Waals surface area contributed by atoms with Crippen LogP contribution >= 0.6 is 0 Å². The van der Waals surface area contributed by atoms with Crippen LogP contribution in [0.15, 0.2) is 0 Å². The van der Waals surface area contributed by atoms with E-state index in [0.717, 1.165) is 12.2 Å². The molecule has 62 valence electrons. The number of anilines is 1. The van der Waals surface area contributed by atoms with Crippen molar-refractivity contribution in [2.75, 3.05) is 5.73 Å². The molecular formula is C7H14N4. The van der Waals surface area contributed by atoms with Crippen molar-refractivity contribution in [2.24, 2.45) is 5.92 Å². The van der Waals surface area contributed by atoms with Gasteiger partial charge in [-0.15, -0.1) is 5.10 Å². The molecule has 4 nitrogen and oxygen atoms in total. The third-order valence-corrected chi connectivity index (χ3v) is 1.56. The lowest BCUT2D eigenvalue weighted by molar-refractivity contribution is 0.464. The van der Waals surface area contributed by atoms with Gasteiger partial charge in [0.15, 0.2) is 5.82 Å². The highest BCUT2D eigenvalue weighted by molar-refractivity contribution is 5.31. The lowest BCUT2D eigenvalue weighted by Crippen LogP contribution is -2.08. The van der Waals surface area contributed by atoms with Crippen LogP contribution in [0.4, 0.5) is 5.82 Å². The molecule has 0 aromatic carbocycles. The van der Waals surface area contributed by atoms with Crippen molar-refractivity contribution in [3.63, 3.8) is 0 Å². The standard InChI is InChI=1S/C7H14N4/c1-5(2)4-11-6(3)7(8)9-10-11/h5H,4,8H2,1-3H3. The lowest BCUT2D eigenvalue weighted by Gasteiger charge is -2.04. The van der Waals surface area contributed by atoms with Crippen LogP contribution in [-0.4, -0.2) is 15.0 Å². The van der Waals surface area contributed by atoms with Gasteiger partial charge >= 0.3 is 0 Å². The predicted molar refractivity (Wildman–Crippen MR) is 44.0 cm³/mol. The molecule has 4 heteroatoms. The van der Waals surface area contributed by atoms with E-state index in [-0.39, 0.29) is 0 Å². The summed E-state index contributed by atoms with van der Waals surface area (Å²) >= 11 is 0. The van der Waals surface area contributed by atoms with Crippen molar-refractivity contribution in [1.29, 1.82) is 0 Å². The van der Waals surface area contributed by atoms with Crippen LogP contribution in [0.2, 0.25) is 0 Å². The second-order valence-electron chi connectivity index (χ2n) is 3.14. The van der Waals surface area contributed by atoms with Crippen molar-refractivity contribution in [3.8, 4) is 0 Å². The number of aromatic nitrogens is 3. The molecule has 0 saturated heterocycles. The molecule has 0 atom stereocenters. The van der Waals surface area contributed by atoms with Crippen molar-refractivity contribution in [2.45, 2.75) is 27.3 Å². The normalized spacial score (nSPS) is 10.9. The maximum Gasteiger partial charge on any atom is 0.168 e. The molecule has 11 heavy (non-hydrogen) atoms. The largest absolute Gasteiger partial charge is 0.381 e. The molecule has 1 aromatic heterocycles. The first-order valence-corrected chi connectivity index (χ1v) is 3.77. The smallest absolute Gasteiger partial charge is 0.168 e. The molecular weight excluding hydrogens is 140 g/mol. The van der Waals surface area contributed by atoms with Crippen LogP contribution in [0.3, 0.4) is 0 Å². The van der Waals surface area contributed by atoms with Crippen LogP contribution in [0.25, 0.3) is 0 Å². The monoisotopic (exact) mass is 154 g/mol. The number of nitrogens with zero attached hydrogens (tertiary/aromatic N) is 3. The number of hydrogen-bond donors (Lipinski definition) is 1. The molecule has 0 aliphatic rings. The fourth-order valence-electron chi connectivity index (χ4n) is 0.893. The fraction of sp³-hybridized carbons (Fsp3) is 0.714. The molecule has 0 unspecified atom stereocenters. The molecule has 0 aliphatic heterocycles. The summed E-state index contributed by atoms with van der Waals surface area (Å²) in [6, 6.07) is 0. The van der Waals surface area contributed by atoms with Crippen LogP contribution in [0, 0.1) is 12.8 Å². The lowest BCUT2D eigenvalue weighted by atomic mass is 10.2. The number of nitrogen functional groups attached to an aromatic ring is 1. The summed E-state index contributed by atoms with van der Waals surface area (Å²) < 4.78 is 1.83. The van der Waals surface area contributed by atoms with Gasteiger partial charge < -0.3 is 5.73 Å². The second-order valence-corrected chi connectivity index (χ2v) is 3.14. The zero-order valence-electron chi connectivity index (χ0n) is 7.20. The molecule has 1 heterocycles. The van der Waals surface area contributed by atoms with Crippen molar-refractivity contribution >= 4 is 5.82 Å². The predicted octanol–water partition coefficient (Wildman–Crippen LogP) is 0.825. The van der Waals surface area contributed by atoms with Crippen molar-refractivity contribution < 1.29 is 0 Å². The van der Waals surface area contributed by atoms with E-state index in [4.69, 9.17) is 5.73 Å². The number of rotatable bonds is 2. The Morgan fingerprint density at radius 2 is 2.18 bits per heavy atom. The molecule has 0 saturated carbocycles. The van der Waals surface area contributed by atoms with E-state index in [9.17, 15) is 0 Å². The Labute approximate surface area is 66.4 Å².